The number of carbonyl (C=O) groups is 6. The summed E-state index contributed by atoms with van der Waals surface area (Å²) in [4.78, 5) is 122. The molecule has 0 saturated carbocycles. The lowest BCUT2D eigenvalue weighted by molar-refractivity contribution is -0.106. The van der Waals surface area contributed by atoms with Gasteiger partial charge in [-0.05, 0) is 125 Å². The van der Waals surface area contributed by atoms with Gasteiger partial charge in [0.05, 0.1) is 63.7 Å². The molecule has 0 fully saturated rings. The molecule has 524 valence electrons. The summed E-state index contributed by atoms with van der Waals surface area (Å²) < 4.78 is 27.2. The van der Waals surface area contributed by atoms with E-state index in [4.69, 9.17) is 60.1 Å². The van der Waals surface area contributed by atoms with Gasteiger partial charge in [-0.3, -0.25) is 38.4 Å². The summed E-state index contributed by atoms with van der Waals surface area (Å²) in [7, 11) is 6.07. The van der Waals surface area contributed by atoms with Crippen LogP contribution in [0.25, 0.3) is 43.6 Å². The van der Waals surface area contributed by atoms with E-state index in [9.17, 15) is 58.8 Å². The number of aromatic hydroxyl groups is 4. The number of para-hydroxylation sites is 4. The van der Waals surface area contributed by atoms with Crippen LogP contribution in [0.4, 0.5) is 22.7 Å². The van der Waals surface area contributed by atoms with Crippen LogP contribution in [0.5, 0.6) is 23.0 Å². The minimum Gasteiger partial charge on any atom is -0.506 e. The zero-order valence-electron chi connectivity index (χ0n) is 58.8. The van der Waals surface area contributed by atoms with Crippen molar-refractivity contribution < 1.29 is 53.3 Å². The number of benzene rings is 8. The van der Waals surface area contributed by atoms with E-state index in [1.807, 2.05) is 18.2 Å². The smallest absolute Gasteiger partial charge is 0.267 e. The molecule has 4 aromatic heterocycles. The van der Waals surface area contributed by atoms with Gasteiger partial charge in [-0.1, -0.05) is 143 Å². The van der Waals surface area contributed by atoms with E-state index < -0.39 is 81.4 Å². The second kappa shape index (κ2) is 35.3. The van der Waals surface area contributed by atoms with Gasteiger partial charge in [-0.25, -0.2) is 0 Å². The van der Waals surface area contributed by atoms with Gasteiger partial charge in [0, 0.05) is 66.7 Å². The van der Waals surface area contributed by atoms with Crippen molar-refractivity contribution in [3.8, 4) is 23.0 Å². The first kappa shape index (κ1) is 72.9. The first-order valence-electron chi connectivity index (χ1n) is 32.1. The minimum absolute atomic E-state index is 0.161. The highest BCUT2D eigenvalue weighted by Gasteiger charge is 2.30. The number of halogens is 4. The molecule has 0 atom stereocenters. The highest BCUT2D eigenvalue weighted by atomic mass is 35.5. The van der Waals surface area contributed by atoms with Crippen LogP contribution in [0, 0.1) is 0 Å². The largest absolute Gasteiger partial charge is 0.506 e. The molecule has 12 rings (SSSR count). The molecular formula is C76H68Cl4N8O14. The van der Waals surface area contributed by atoms with E-state index in [0.717, 1.165) is 11.2 Å². The van der Waals surface area contributed by atoms with Crippen LogP contribution in [0.3, 0.4) is 0 Å². The molecule has 8 aromatic carbocycles. The zero-order chi connectivity index (χ0) is 77.5. The highest BCUT2D eigenvalue weighted by Crippen LogP contribution is 2.37. The number of carbonyl (C=O) groups excluding carboxylic acids is 6. The number of amides is 4. The number of nitrogens with zero attached hydrogens (tertiary/aromatic N) is 6. The van der Waals surface area contributed by atoms with Crippen molar-refractivity contribution in [2.45, 2.75) is 27.7 Å². The Morgan fingerprint density at radius 3 is 0.912 bits per heavy atom. The van der Waals surface area contributed by atoms with Crippen LogP contribution in [-0.2, 0) is 37.8 Å². The first-order chi connectivity index (χ1) is 49.8. The lowest BCUT2D eigenvalue weighted by Gasteiger charge is -2.22. The maximum atomic E-state index is 13.2. The number of fused-ring (bicyclic) bond motifs is 4. The molecule has 0 aliphatic heterocycles. The number of anilines is 4. The van der Waals surface area contributed by atoms with Gasteiger partial charge in [-0.2, -0.15) is 0 Å². The third-order valence-electron chi connectivity index (χ3n) is 15.4. The second-order valence-electron chi connectivity index (χ2n) is 21.6. The number of hydrogen-bond donors (Lipinski definition) is 6. The molecule has 0 spiro atoms. The number of pyridine rings is 4. The maximum Gasteiger partial charge on any atom is 0.267 e. The number of aryl methyl sites for hydroxylation is 4. The number of rotatable bonds is 10. The molecule has 26 heteroatoms. The standard InChI is InChI=1S/2C19H17ClN2O3.2C17H13ClN2O3.2C2H4O/c2*1-3-22(12-8-5-4-6-9-12)19(25)16-17(23)15-13(20)10-7-11-14(15)21(2)18(16)24;2*1-20-12-9-5-8-11(18)13(12)15(21)14(17(20)23)16(22)19-10-6-3-2-4-7-10;2*1-2-3/h2*4-11,23H,3H2,1-2H3;2*2-9,21H,1H3,(H,19,22);2*2H,1H3/i3D2;;;;2D;. The SMILES string of the molecule is CC=O.CCN(C(=O)c1c(O)c2c(Cl)cccc2n(C)c1=O)c1ccccc1.Cn1c(=O)c(C(=O)Nc2ccccc2)c(O)c2c(Cl)cccc21.Cn1c(=O)c(C(=O)Nc2ccccc2)c(O)c2c(Cl)cccc21.[2H]C(C)=O.[2H]C([2H])(C)N(C(=O)c1c(O)c2c(Cl)cccc2n(C)c1=O)c1ccccc1. The van der Waals surface area contributed by atoms with E-state index in [2.05, 4.69) is 10.6 Å². The molecule has 0 radical (unpaired) electrons. The Morgan fingerprint density at radius 1 is 0.412 bits per heavy atom. The lowest BCUT2D eigenvalue weighted by Crippen LogP contribution is -2.36. The molecule has 0 aliphatic rings. The lowest BCUT2D eigenvalue weighted by atomic mass is 10.1. The van der Waals surface area contributed by atoms with Gasteiger partial charge in [0.15, 0.2) is 0 Å². The van der Waals surface area contributed by atoms with Crippen molar-refractivity contribution in [2.24, 2.45) is 28.2 Å². The van der Waals surface area contributed by atoms with E-state index in [1.165, 1.54) is 71.1 Å². The Balaban J connectivity index is 0.000000190. The van der Waals surface area contributed by atoms with Crippen LogP contribution < -0.4 is 42.7 Å². The fourth-order valence-electron chi connectivity index (χ4n) is 10.6. The number of nitrogens with one attached hydrogen (secondary N) is 2. The molecular weight excluding hydrogens is 1390 g/mol. The fourth-order valence-corrected chi connectivity index (χ4v) is 11.6. The average Bonchev–Trinajstić information content (AvgIpc) is 0.821. The fraction of sp³-hybridized carbons (Fsp3) is 0.132. The monoisotopic (exact) mass is 1460 g/mol. The normalized spacial score (nSPS) is 11.0. The average molecular weight is 1460 g/mol. The minimum atomic E-state index is -2.12. The predicted molar refractivity (Wildman–Crippen MR) is 403 cm³/mol. The Bertz CT molecular complexity index is 5390. The summed E-state index contributed by atoms with van der Waals surface area (Å²) in [6.07, 6.45) is 0.167. The summed E-state index contributed by atoms with van der Waals surface area (Å²) >= 11 is 24.6. The predicted octanol–water partition coefficient (Wildman–Crippen LogP) is 13.8. The van der Waals surface area contributed by atoms with Crippen molar-refractivity contribution in [3.63, 3.8) is 0 Å². The number of hydrogen-bond acceptors (Lipinski definition) is 14. The highest BCUT2D eigenvalue weighted by molar-refractivity contribution is 6.38. The summed E-state index contributed by atoms with van der Waals surface area (Å²) in [5.41, 5.74) is -0.270. The quantitative estimate of drug-likeness (QED) is 0.0694. The van der Waals surface area contributed by atoms with Gasteiger partial charge in [0.1, 0.15) is 59.2 Å². The number of aldehydes is 2. The van der Waals surface area contributed by atoms with E-state index in [0.29, 0.717) is 51.1 Å². The Kier molecular flexibility index (Phi) is 25.2. The molecule has 0 unspecified atom stereocenters. The summed E-state index contributed by atoms with van der Waals surface area (Å²) in [5.74, 6) is -4.66. The van der Waals surface area contributed by atoms with Crippen molar-refractivity contribution in [3.05, 3.63) is 278 Å². The molecule has 4 heterocycles. The first-order valence-corrected chi connectivity index (χ1v) is 32.2. The van der Waals surface area contributed by atoms with Crippen molar-refractivity contribution in [1.29, 1.82) is 0 Å². The Hall–Kier alpha value is -11.8. The third-order valence-corrected chi connectivity index (χ3v) is 16.7. The maximum absolute atomic E-state index is 13.2. The van der Waals surface area contributed by atoms with Crippen LogP contribution in [-0.4, -0.2) is 87.9 Å². The molecule has 6 N–H and O–H groups in total. The van der Waals surface area contributed by atoms with Gasteiger partial charge in [-0.15, -0.1) is 0 Å². The van der Waals surface area contributed by atoms with Gasteiger partial charge in [0.2, 0.25) is 0 Å². The van der Waals surface area contributed by atoms with Crippen LogP contribution in [0.15, 0.2) is 213 Å². The van der Waals surface area contributed by atoms with E-state index >= 15 is 0 Å². The third kappa shape index (κ3) is 16.7. The van der Waals surface area contributed by atoms with Crippen molar-refractivity contribution >= 4 is 149 Å². The van der Waals surface area contributed by atoms with Crippen molar-refractivity contribution in [1.82, 2.24) is 18.3 Å². The van der Waals surface area contributed by atoms with Crippen LogP contribution in [0.1, 0.15) is 73.2 Å². The Labute approximate surface area is 607 Å². The molecule has 0 saturated heterocycles. The van der Waals surface area contributed by atoms with Gasteiger partial charge < -0.3 is 68.7 Å². The summed E-state index contributed by atoms with van der Waals surface area (Å²) in [6.45, 7) is 3.88. The second-order valence-corrected chi connectivity index (χ2v) is 23.2. The molecule has 0 aliphatic carbocycles. The molecule has 0 bridgehead atoms. The summed E-state index contributed by atoms with van der Waals surface area (Å²) in [5, 5.41) is 49.4. The van der Waals surface area contributed by atoms with Crippen LogP contribution >= 0.6 is 46.4 Å². The van der Waals surface area contributed by atoms with Gasteiger partial charge >= 0.3 is 0 Å². The molecule has 12 aromatic rings. The molecule has 102 heavy (non-hydrogen) atoms. The van der Waals surface area contributed by atoms with E-state index in [1.54, 1.807) is 184 Å². The zero-order valence-corrected chi connectivity index (χ0v) is 58.8. The summed E-state index contributed by atoms with van der Waals surface area (Å²) in [6, 6.07) is 54.1. The Morgan fingerprint density at radius 2 is 0.647 bits per heavy atom. The molecule has 4 amide bonds. The molecule has 22 nitrogen and oxygen atoms in total. The van der Waals surface area contributed by atoms with Gasteiger partial charge in [0.25, 0.3) is 45.9 Å². The van der Waals surface area contributed by atoms with E-state index in [-0.39, 0.29) is 64.4 Å². The van der Waals surface area contributed by atoms with Crippen molar-refractivity contribution in [2.75, 3.05) is 33.5 Å². The van der Waals surface area contributed by atoms with Crippen LogP contribution in [0.2, 0.25) is 20.1 Å². The number of aromatic nitrogens is 4. The topological polar surface area (TPSA) is 302 Å².